The van der Waals surface area contributed by atoms with Crippen molar-refractivity contribution in [1.29, 1.82) is 0 Å². The summed E-state index contributed by atoms with van der Waals surface area (Å²) in [5, 5.41) is 2.76. The number of benzene rings is 1. The third-order valence-corrected chi connectivity index (χ3v) is 3.55. The summed E-state index contributed by atoms with van der Waals surface area (Å²) in [6, 6.07) is 3.17. The summed E-state index contributed by atoms with van der Waals surface area (Å²) in [5.74, 6) is -0.926. The first kappa shape index (κ1) is 20.0. The average Bonchev–Trinajstić information content (AvgIpc) is 2.87. The van der Waals surface area contributed by atoms with Gasteiger partial charge in [0.25, 0.3) is 0 Å². The van der Waals surface area contributed by atoms with E-state index >= 15 is 0 Å². The number of rotatable bonds is 3. The number of ether oxygens (including phenoxy) is 2. The van der Waals surface area contributed by atoms with Crippen molar-refractivity contribution in [3.8, 4) is 0 Å². The van der Waals surface area contributed by atoms with Gasteiger partial charge >= 0.3 is 12.1 Å². The summed E-state index contributed by atoms with van der Waals surface area (Å²) in [5.41, 5.74) is -0.0681. The third kappa shape index (κ3) is 5.09. The molecule has 144 valence electrons. The molecule has 0 aliphatic carbocycles. The molecule has 2 rings (SSSR count). The highest BCUT2D eigenvalue weighted by Gasteiger charge is 2.31. The van der Waals surface area contributed by atoms with E-state index in [1.807, 2.05) is 0 Å². The zero-order chi connectivity index (χ0) is 19.7. The van der Waals surface area contributed by atoms with Crippen molar-refractivity contribution < 1.29 is 23.5 Å². The van der Waals surface area contributed by atoms with Crippen molar-refractivity contribution >= 4 is 23.4 Å². The van der Waals surface area contributed by atoms with Crippen molar-refractivity contribution in [2.24, 2.45) is 0 Å². The van der Waals surface area contributed by atoms with Crippen molar-refractivity contribution in [2.75, 3.05) is 23.3 Å². The molecule has 1 aliphatic heterocycles. The average molecular weight is 366 g/mol. The summed E-state index contributed by atoms with van der Waals surface area (Å²) in [4.78, 5) is 25.5. The second-order valence-corrected chi connectivity index (χ2v) is 8.25. The van der Waals surface area contributed by atoms with E-state index in [2.05, 4.69) is 5.32 Å². The summed E-state index contributed by atoms with van der Waals surface area (Å²) in [7, 11) is 0. The van der Waals surface area contributed by atoms with E-state index in [4.69, 9.17) is 9.47 Å². The van der Waals surface area contributed by atoms with E-state index in [9.17, 15) is 14.0 Å². The normalized spacial score (nSPS) is 14.0. The molecule has 0 radical (unpaired) electrons. The minimum absolute atomic E-state index is 0.136. The molecule has 0 aromatic heterocycles. The van der Waals surface area contributed by atoms with E-state index < -0.39 is 29.1 Å². The monoisotopic (exact) mass is 366 g/mol. The molecule has 1 amide bonds. The Morgan fingerprint density at radius 1 is 1.12 bits per heavy atom. The number of halogens is 1. The van der Waals surface area contributed by atoms with Crippen LogP contribution in [0.3, 0.4) is 0 Å². The number of anilines is 2. The maximum atomic E-state index is 14.7. The van der Waals surface area contributed by atoms with E-state index in [0.29, 0.717) is 24.2 Å². The van der Waals surface area contributed by atoms with Crippen LogP contribution in [-0.4, -0.2) is 36.4 Å². The second-order valence-electron chi connectivity index (χ2n) is 8.25. The molecule has 0 saturated heterocycles. The second kappa shape index (κ2) is 7.13. The molecule has 1 aromatic carbocycles. The van der Waals surface area contributed by atoms with Gasteiger partial charge in [-0.15, -0.1) is 0 Å². The third-order valence-electron chi connectivity index (χ3n) is 3.55. The number of amides is 1. The number of nitrogens with one attached hydrogen (secondary N) is 1. The van der Waals surface area contributed by atoms with Gasteiger partial charge in [0, 0.05) is 12.1 Å². The highest BCUT2D eigenvalue weighted by Crippen LogP contribution is 2.34. The number of fused-ring (bicyclic) bond motifs is 1. The predicted molar refractivity (Wildman–Crippen MR) is 98.0 cm³/mol. The molecule has 0 fully saturated rings. The van der Waals surface area contributed by atoms with Crippen LogP contribution in [0.2, 0.25) is 0 Å². The molecule has 0 saturated carbocycles. The lowest BCUT2D eigenvalue weighted by atomic mass is 10.1. The molecule has 1 aliphatic rings. The zero-order valence-electron chi connectivity index (χ0n) is 16.2. The van der Waals surface area contributed by atoms with Gasteiger partial charge in [0.1, 0.15) is 17.7 Å². The number of carbonyl (C=O) groups is 2. The van der Waals surface area contributed by atoms with Crippen molar-refractivity contribution in [3.63, 3.8) is 0 Å². The maximum absolute atomic E-state index is 14.7. The van der Waals surface area contributed by atoms with Gasteiger partial charge in [0.2, 0.25) is 0 Å². The summed E-state index contributed by atoms with van der Waals surface area (Å²) < 4.78 is 25.3. The Morgan fingerprint density at radius 2 is 1.73 bits per heavy atom. The fourth-order valence-electron chi connectivity index (χ4n) is 2.63. The SMILES string of the molecule is CC(C)(C)OC(=O)CNc1ccc2c(c1F)CCN2C(=O)OC(C)(C)C. The molecule has 26 heavy (non-hydrogen) atoms. The molecule has 1 heterocycles. The van der Waals surface area contributed by atoms with Crippen LogP contribution in [0.25, 0.3) is 0 Å². The Labute approximate surface area is 153 Å². The van der Waals surface area contributed by atoms with E-state index in [1.54, 1.807) is 47.6 Å². The van der Waals surface area contributed by atoms with Crippen molar-refractivity contribution in [3.05, 3.63) is 23.5 Å². The fourth-order valence-corrected chi connectivity index (χ4v) is 2.63. The number of carbonyl (C=O) groups excluding carboxylic acids is 2. The van der Waals surface area contributed by atoms with Gasteiger partial charge in [0.05, 0.1) is 11.4 Å². The number of esters is 1. The lowest BCUT2D eigenvalue weighted by molar-refractivity contribution is -0.152. The number of nitrogens with zero attached hydrogens (tertiary/aromatic N) is 1. The number of hydrogen-bond donors (Lipinski definition) is 1. The van der Waals surface area contributed by atoms with Crippen LogP contribution in [0, 0.1) is 5.82 Å². The van der Waals surface area contributed by atoms with Gasteiger partial charge in [-0.25, -0.2) is 9.18 Å². The number of hydrogen-bond acceptors (Lipinski definition) is 5. The van der Waals surface area contributed by atoms with Gasteiger partial charge in [-0.05, 0) is 60.1 Å². The minimum Gasteiger partial charge on any atom is -0.459 e. The Balaban J connectivity index is 2.09. The Bertz CT molecular complexity index is 705. The van der Waals surface area contributed by atoms with E-state index in [-0.39, 0.29) is 12.2 Å². The zero-order valence-corrected chi connectivity index (χ0v) is 16.2. The van der Waals surface area contributed by atoms with Gasteiger partial charge in [-0.3, -0.25) is 9.69 Å². The van der Waals surface area contributed by atoms with E-state index in [1.165, 1.54) is 11.0 Å². The van der Waals surface area contributed by atoms with Crippen molar-refractivity contribution in [2.45, 2.75) is 59.2 Å². The lowest BCUT2D eigenvalue weighted by Gasteiger charge is -2.25. The molecule has 0 bridgehead atoms. The van der Waals surface area contributed by atoms with E-state index in [0.717, 1.165) is 0 Å². The maximum Gasteiger partial charge on any atom is 0.414 e. The van der Waals surface area contributed by atoms with Gasteiger partial charge < -0.3 is 14.8 Å². The highest BCUT2D eigenvalue weighted by atomic mass is 19.1. The molecule has 0 spiro atoms. The molecule has 0 unspecified atom stereocenters. The molecule has 7 heteroatoms. The van der Waals surface area contributed by atoms with Crippen LogP contribution >= 0.6 is 0 Å². The highest BCUT2D eigenvalue weighted by molar-refractivity contribution is 5.91. The fraction of sp³-hybridized carbons (Fsp3) is 0.579. The topological polar surface area (TPSA) is 67.9 Å². The minimum atomic E-state index is -0.618. The van der Waals surface area contributed by atoms with Crippen LogP contribution in [0.5, 0.6) is 0 Å². The van der Waals surface area contributed by atoms with Crippen LogP contribution in [0.4, 0.5) is 20.6 Å². The first-order valence-corrected chi connectivity index (χ1v) is 8.65. The Kier molecular flexibility index (Phi) is 5.49. The summed E-state index contributed by atoms with van der Waals surface area (Å²) in [6.45, 7) is 10.9. The Morgan fingerprint density at radius 3 is 2.31 bits per heavy atom. The van der Waals surface area contributed by atoms with Gasteiger partial charge in [-0.2, -0.15) is 0 Å². The first-order valence-electron chi connectivity index (χ1n) is 8.65. The summed E-state index contributed by atoms with van der Waals surface area (Å²) >= 11 is 0. The predicted octanol–water partition coefficient (Wildman–Crippen LogP) is 3.88. The smallest absolute Gasteiger partial charge is 0.414 e. The molecule has 0 atom stereocenters. The van der Waals surface area contributed by atoms with Crippen LogP contribution in [0.15, 0.2) is 12.1 Å². The molecule has 6 nitrogen and oxygen atoms in total. The van der Waals surface area contributed by atoms with Crippen LogP contribution in [0.1, 0.15) is 47.1 Å². The molecular weight excluding hydrogens is 339 g/mol. The van der Waals surface area contributed by atoms with Crippen LogP contribution in [-0.2, 0) is 20.7 Å². The lowest BCUT2D eigenvalue weighted by Crippen LogP contribution is -2.35. The summed E-state index contributed by atoms with van der Waals surface area (Å²) in [6.07, 6.45) is -0.104. The molecular formula is C19H27FN2O4. The molecule has 1 N–H and O–H groups in total. The molecule has 1 aromatic rings. The van der Waals surface area contributed by atoms with Gasteiger partial charge in [-0.1, -0.05) is 0 Å². The van der Waals surface area contributed by atoms with Crippen molar-refractivity contribution in [1.82, 2.24) is 0 Å². The van der Waals surface area contributed by atoms with Gasteiger partial charge in [0.15, 0.2) is 5.82 Å². The van der Waals surface area contributed by atoms with Crippen LogP contribution < -0.4 is 10.2 Å². The largest absolute Gasteiger partial charge is 0.459 e. The standard InChI is InChI=1S/C19H27FN2O4/c1-18(2,3)25-15(23)11-21-13-7-8-14-12(16(13)20)9-10-22(14)17(24)26-19(4,5)6/h7-8,21H,9-11H2,1-6H3. The first-order chi connectivity index (χ1) is 11.9. The quantitative estimate of drug-likeness (QED) is 0.823. The Hall–Kier alpha value is -2.31.